The summed E-state index contributed by atoms with van der Waals surface area (Å²) in [6, 6.07) is 8.47. The van der Waals surface area contributed by atoms with Crippen LogP contribution >= 0.6 is 0 Å². The van der Waals surface area contributed by atoms with Gasteiger partial charge in [0.2, 0.25) is 0 Å². The van der Waals surface area contributed by atoms with Gasteiger partial charge in [-0.1, -0.05) is 24.3 Å². The standard InChI is InChI=1S/C16H19N5O/c1-10-4-2-3-5-12(10)15-13-7-17-6-11(13)9-21(15)16(22)14-8-18-20-19-14/h2-5,8,11,13,15,17H,6-7,9H2,1H3,(H,18,19,20)/t11-,13-,15+/m0/s1. The summed E-state index contributed by atoms with van der Waals surface area (Å²) in [4.78, 5) is 14.8. The molecular weight excluding hydrogens is 278 g/mol. The van der Waals surface area contributed by atoms with E-state index in [2.05, 4.69) is 45.9 Å². The van der Waals surface area contributed by atoms with E-state index >= 15 is 0 Å². The van der Waals surface area contributed by atoms with Gasteiger partial charge in [-0.3, -0.25) is 4.79 Å². The lowest BCUT2D eigenvalue weighted by molar-refractivity contribution is 0.0707. The first-order valence-electron chi connectivity index (χ1n) is 7.68. The van der Waals surface area contributed by atoms with Gasteiger partial charge in [0.05, 0.1) is 12.2 Å². The highest BCUT2D eigenvalue weighted by molar-refractivity contribution is 5.92. The molecule has 0 aliphatic carbocycles. The number of likely N-dealkylation sites (tertiary alicyclic amines) is 1. The van der Waals surface area contributed by atoms with E-state index in [1.54, 1.807) is 0 Å². The van der Waals surface area contributed by atoms with Crippen molar-refractivity contribution in [3.05, 3.63) is 47.3 Å². The van der Waals surface area contributed by atoms with Crippen LogP contribution in [0.4, 0.5) is 0 Å². The number of nitrogens with one attached hydrogen (secondary N) is 2. The lowest BCUT2D eigenvalue weighted by Crippen LogP contribution is -2.35. The summed E-state index contributed by atoms with van der Waals surface area (Å²) < 4.78 is 0. The molecule has 0 spiro atoms. The average Bonchev–Trinajstić information content (AvgIpc) is 3.24. The summed E-state index contributed by atoms with van der Waals surface area (Å²) in [6.45, 7) is 4.84. The first-order valence-corrected chi connectivity index (χ1v) is 7.68. The lowest BCUT2D eigenvalue weighted by Gasteiger charge is -2.29. The minimum atomic E-state index is -0.0311. The van der Waals surface area contributed by atoms with Crippen LogP contribution in [0.1, 0.15) is 27.7 Å². The molecule has 0 bridgehead atoms. The first-order chi connectivity index (χ1) is 10.8. The zero-order chi connectivity index (χ0) is 15.1. The van der Waals surface area contributed by atoms with E-state index in [9.17, 15) is 4.79 Å². The average molecular weight is 297 g/mol. The van der Waals surface area contributed by atoms with Gasteiger partial charge in [0.25, 0.3) is 5.91 Å². The van der Waals surface area contributed by atoms with Crippen molar-refractivity contribution in [2.45, 2.75) is 13.0 Å². The van der Waals surface area contributed by atoms with Crippen molar-refractivity contribution in [1.29, 1.82) is 0 Å². The number of rotatable bonds is 2. The van der Waals surface area contributed by atoms with Gasteiger partial charge in [-0.2, -0.15) is 15.4 Å². The number of aromatic nitrogens is 3. The molecule has 2 N–H and O–H groups in total. The molecular formula is C16H19N5O. The Morgan fingerprint density at radius 2 is 2.18 bits per heavy atom. The van der Waals surface area contributed by atoms with E-state index in [0.717, 1.165) is 19.6 Å². The first kappa shape index (κ1) is 13.5. The predicted octanol–water partition coefficient (Wildman–Crippen LogP) is 1.15. The van der Waals surface area contributed by atoms with Crippen LogP contribution in [-0.4, -0.2) is 45.9 Å². The number of fused-ring (bicyclic) bond motifs is 1. The topological polar surface area (TPSA) is 73.9 Å². The molecule has 6 heteroatoms. The molecule has 22 heavy (non-hydrogen) atoms. The number of aryl methyl sites for hydroxylation is 1. The van der Waals surface area contributed by atoms with Crippen molar-refractivity contribution in [3.63, 3.8) is 0 Å². The van der Waals surface area contributed by atoms with Gasteiger partial charge in [-0.25, -0.2) is 0 Å². The summed E-state index contributed by atoms with van der Waals surface area (Å²) in [5, 5.41) is 13.7. The normalized spacial score (nSPS) is 27.1. The van der Waals surface area contributed by atoms with Crippen LogP contribution < -0.4 is 5.32 Å². The minimum absolute atomic E-state index is 0.0311. The largest absolute Gasteiger partial charge is 0.329 e. The second-order valence-electron chi connectivity index (χ2n) is 6.20. The monoisotopic (exact) mass is 297 g/mol. The van der Waals surface area contributed by atoms with E-state index in [4.69, 9.17) is 0 Å². The maximum Gasteiger partial charge on any atom is 0.276 e. The van der Waals surface area contributed by atoms with Crippen LogP contribution in [0.2, 0.25) is 0 Å². The number of carbonyl (C=O) groups is 1. The third-order valence-electron chi connectivity index (χ3n) is 4.97. The lowest BCUT2D eigenvalue weighted by atomic mass is 9.87. The van der Waals surface area contributed by atoms with E-state index < -0.39 is 0 Å². The SMILES string of the molecule is Cc1ccccc1[C@@H]1[C@H]2CNC[C@H]2CN1C(=O)c1cn[nH]n1. The second-order valence-corrected chi connectivity index (χ2v) is 6.20. The molecule has 1 amide bonds. The molecule has 1 aromatic carbocycles. The predicted molar refractivity (Wildman–Crippen MR) is 81.2 cm³/mol. The fraction of sp³-hybridized carbons (Fsp3) is 0.438. The zero-order valence-electron chi connectivity index (χ0n) is 12.5. The van der Waals surface area contributed by atoms with Crippen LogP contribution in [-0.2, 0) is 0 Å². The van der Waals surface area contributed by atoms with Gasteiger partial charge in [0.1, 0.15) is 0 Å². The van der Waals surface area contributed by atoms with E-state index in [1.165, 1.54) is 17.3 Å². The Balaban J connectivity index is 1.74. The highest BCUT2D eigenvalue weighted by atomic mass is 16.2. The smallest absolute Gasteiger partial charge is 0.276 e. The van der Waals surface area contributed by atoms with Gasteiger partial charge in [0.15, 0.2) is 5.69 Å². The number of nitrogens with zero attached hydrogens (tertiary/aromatic N) is 3. The van der Waals surface area contributed by atoms with Gasteiger partial charge in [0, 0.05) is 25.6 Å². The molecule has 3 heterocycles. The van der Waals surface area contributed by atoms with Crippen LogP contribution in [0.5, 0.6) is 0 Å². The summed E-state index contributed by atoms with van der Waals surface area (Å²) in [5.74, 6) is 0.953. The van der Waals surface area contributed by atoms with Crippen molar-refractivity contribution >= 4 is 5.91 Å². The second kappa shape index (κ2) is 5.21. The maximum absolute atomic E-state index is 12.8. The van der Waals surface area contributed by atoms with Crippen LogP contribution in [0.25, 0.3) is 0 Å². The number of carbonyl (C=O) groups excluding carboxylic acids is 1. The number of benzene rings is 1. The third-order valence-corrected chi connectivity index (χ3v) is 4.97. The van der Waals surface area contributed by atoms with Gasteiger partial charge >= 0.3 is 0 Å². The van der Waals surface area contributed by atoms with Crippen molar-refractivity contribution < 1.29 is 4.79 Å². The van der Waals surface area contributed by atoms with Crippen LogP contribution in [0, 0.1) is 18.8 Å². The molecule has 1 aromatic heterocycles. The molecule has 2 aliphatic heterocycles. The number of H-pyrrole nitrogens is 1. The fourth-order valence-electron chi connectivity index (χ4n) is 3.90. The molecule has 0 saturated carbocycles. The Hall–Kier alpha value is -2.21. The maximum atomic E-state index is 12.8. The summed E-state index contributed by atoms with van der Waals surface area (Å²) in [5.41, 5.74) is 2.88. The molecule has 6 nitrogen and oxygen atoms in total. The van der Waals surface area contributed by atoms with Crippen LogP contribution in [0.15, 0.2) is 30.5 Å². The minimum Gasteiger partial charge on any atom is -0.329 e. The molecule has 2 aromatic rings. The summed E-state index contributed by atoms with van der Waals surface area (Å²) >= 11 is 0. The van der Waals surface area contributed by atoms with Crippen LogP contribution in [0.3, 0.4) is 0 Å². The van der Waals surface area contributed by atoms with E-state index in [-0.39, 0.29) is 11.9 Å². The van der Waals surface area contributed by atoms with E-state index in [1.807, 2.05) is 11.0 Å². The van der Waals surface area contributed by atoms with Crippen molar-refractivity contribution in [1.82, 2.24) is 25.6 Å². The molecule has 2 fully saturated rings. The third kappa shape index (κ3) is 2.02. The van der Waals surface area contributed by atoms with Gasteiger partial charge in [-0.05, 0) is 24.0 Å². The number of aromatic amines is 1. The number of hydrogen-bond donors (Lipinski definition) is 2. The quantitative estimate of drug-likeness (QED) is 0.872. The van der Waals surface area contributed by atoms with Crippen molar-refractivity contribution in [2.75, 3.05) is 19.6 Å². The molecule has 3 atom stereocenters. The Bertz CT molecular complexity index is 684. The number of hydrogen-bond acceptors (Lipinski definition) is 4. The van der Waals surface area contributed by atoms with E-state index in [0.29, 0.717) is 17.5 Å². The molecule has 4 rings (SSSR count). The molecule has 2 aliphatic rings. The van der Waals surface area contributed by atoms with Gasteiger partial charge in [-0.15, -0.1) is 0 Å². The molecule has 0 radical (unpaired) electrons. The molecule has 114 valence electrons. The molecule has 0 unspecified atom stereocenters. The zero-order valence-corrected chi connectivity index (χ0v) is 12.5. The van der Waals surface area contributed by atoms with Gasteiger partial charge < -0.3 is 10.2 Å². The van der Waals surface area contributed by atoms with Crippen molar-refractivity contribution in [2.24, 2.45) is 11.8 Å². The summed E-state index contributed by atoms with van der Waals surface area (Å²) in [7, 11) is 0. The molecule has 2 saturated heterocycles. The highest BCUT2D eigenvalue weighted by Gasteiger charge is 2.47. The number of amides is 1. The Kier molecular flexibility index (Phi) is 3.18. The summed E-state index contributed by atoms with van der Waals surface area (Å²) in [6.07, 6.45) is 1.50. The van der Waals surface area contributed by atoms with Crippen molar-refractivity contribution in [3.8, 4) is 0 Å². The highest BCUT2D eigenvalue weighted by Crippen LogP contribution is 2.43. The Labute approximate surface area is 128 Å². The Morgan fingerprint density at radius 1 is 1.32 bits per heavy atom. The fourth-order valence-corrected chi connectivity index (χ4v) is 3.90. The Morgan fingerprint density at radius 3 is 2.95 bits per heavy atom.